The van der Waals surface area contributed by atoms with Crippen molar-refractivity contribution >= 4 is 5.78 Å². The van der Waals surface area contributed by atoms with E-state index in [1.165, 1.54) is 27.4 Å². The minimum atomic E-state index is -1.12. The predicted molar refractivity (Wildman–Crippen MR) is 124 cm³/mol. The molecule has 2 unspecified atom stereocenters. The van der Waals surface area contributed by atoms with E-state index >= 15 is 0 Å². The largest absolute Gasteiger partial charge is 0.493 e. The maximum atomic E-state index is 12.2. The zero-order valence-corrected chi connectivity index (χ0v) is 20.1. The Morgan fingerprint density at radius 1 is 1.00 bits per heavy atom. The molecular formula is C25H36O7. The van der Waals surface area contributed by atoms with Crippen molar-refractivity contribution in [1.82, 2.24) is 0 Å². The monoisotopic (exact) mass is 448 g/mol. The summed E-state index contributed by atoms with van der Waals surface area (Å²) in [7, 11) is 4.54. The molecule has 0 spiro atoms. The third kappa shape index (κ3) is 8.15. The highest BCUT2D eigenvalue weighted by molar-refractivity contribution is 5.99. The summed E-state index contributed by atoms with van der Waals surface area (Å²) in [5, 5.41) is 20.9. The van der Waals surface area contributed by atoms with E-state index in [2.05, 4.69) is 0 Å². The second-order valence-electron chi connectivity index (χ2n) is 7.70. The van der Waals surface area contributed by atoms with Gasteiger partial charge in [-0.15, -0.1) is 0 Å². The van der Waals surface area contributed by atoms with Crippen molar-refractivity contribution in [1.29, 1.82) is 0 Å². The molecule has 0 fully saturated rings. The van der Waals surface area contributed by atoms with Crippen LogP contribution in [0.25, 0.3) is 0 Å². The molecule has 0 aromatic heterocycles. The van der Waals surface area contributed by atoms with Crippen molar-refractivity contribution in [2.45, 2.75) is 52.7 Å². The Labute approximate surface area is 191 Å². The van der Waals surface area contributed by atoms with E-state index in [9.17, 15) is 15.0 Å². The topological polar surface area (TPSA) is 94.5 Å². The lowest BCUT2D eigenvalue weighted by molar-refractivity contribution is -0.121. The van der Waals surface area contributed by atoms with Crippen LogP contribution < -0.4 is 14.2 Å². The van der Waals surface area contributed by atoms with Crippen molar-refractivity contribution in [3.8, 4) is 17.2 Å². The van der Waals surface area contributed by atoms with E-state index in [0.29, 0.717) is 41.2 Å². The fraction of sp³-hybridized carbons (Fsp3) is 0.480. The number of aliphatic hydroxyl groups is 2. The number of carbonyl (C=O) groups excluding carboxylic acids is 1. The summed E-state index contributed by atoms with van der Waals surface area (Å²) in [5.41, 5.74) is 2.75. The molecule has 0 radical (unpaired) electrons. The molecule has 1 rings (SSSR count). The average Bonchev–Trinajstić information content (AvgIpc) is 2.75. The summed E-state index contributed by atoms with van der Waals surface area (Å²) < 4.78 is 21.4. The second-order valence-corrected chi connectivity index (χ2v) is 7.70. The minimum absolute atomic E-state index is 0.0224. The lowest BCUT2D eigenvalue weighted by Crippen LogP contribution is -2.18. The van der Waals surface area contributed by atoms with Crippen LogP contribution in [0.15, 0.2) is 47.1 Å². The summed E-state index contributed by atoms with van der Waals surface area (Å²) in [6.07, 6.45) is 4.13. The lowest BCUT2D eigenvalue weighted by atomic mass is 10.0. The average molecular weight is 449 g/mol. The van der Waals surface area contributed by atoms with Gasteiger partial charge in [-0.2, -0.15) is 0 Å². The third-order valence-electron chi connectivity index (χ3n) is 4.75. The van der Waals surface area contributed by atoms with Crippen molar-refractivity contribution in [3.05, 3.63) is 52.6 Å². The third-order valence-corrected chi connectivity index (χ3v) is 4.75. The van der Waals surface area contributed by atoms with E-state index in [0.717, 1.165) is 11.1 Å². The Kier molecular flexibility index (Phi) is 11.8. The van der Waals surface area contributed by atoms with Crippen LogP contribution >= 0.6 is 0 Å². The lowest BCUT2D eigenvalue weighted by Gasteiger charge is -2.19. The van der Waals surface area contributed by atoms with E-state index in [1.807, 2.05) is 20.8 Å². The molecule has 2 atom stereocenters. The molecule has 2 N–H and O–H groups in total. The SMILES string of the molecule is COCOc1ccc(OC)c(OC)c1C(O)/C=C(\C)CC/C=C(/C)C(=O)C(O)C=C(C)C. The van der Waals surface area contributed by atoms with Crippen LogP contribution in [0.5, 0.6) is 17.2 Å². The van der Waals surface area contributed by atoms with Gasteiger partial charge in [-0.25, -0.2) is 0 Å². The number of rotatable bonds is 13. The van der Waals surface area contributed by atoms with Gasteiger partial charge in [-0.05, 0) is 64.3 Å². The molecule has 0 aliphatic rings. The highest BCUT2D eigenvalue weighted by Crippen LogP contribution is 2.42. The highest BCUT2D eigenvalue weighted by atomic mass is 16.7. The van der Waals surface area contributed by atoms with E-state index in [-0.39, 0.29) is 12.6 Å². The number of carbonyl (C=O) groups is 1. The van der Waals surface area contributed by atoms with E-state index in [1.54, 1.807) is 31.2 Å². The van der Waals surface area contributed by atoms with Gasteiger partial charge in [0.2, 0.25) is 0 Å². The first kappa shape index (κ1) is 27.4. The maximum Gasteiger partial charge on any atom is 0.190 e. The molecule has 0 aliphatic heterocycles. The van der Waals surface area contributed by atoms with Gasteiger partial charge >= 0.3 is 0 Å². The van der Waals surface area contributed by atoms with Gasteiger partial charge in [0.15, 0.2) is 24.1 Å². The van der Waals surface area contributed by atoms with Crippen LogP contribution in [0.1, 0.15) is 52.2 Å². The van der Waals surface area contributed by atoms with Crippen molar-refractivity contribution in [2.24, 2.45) is 0 Å². The Morgan fingerprint density at radius 2 is 1.66 bits per heavy atom. The molecule has 0 aliphatic carbocycles. The van der Waals surface area contributed by atoms with E-state index in [4.69, 9.17) is 18.9 Å². The molecule has 1 aromatic rings. The fourth-order valence-electron chi connectivity index (χ4n) is 3.14. The molecule has 0 saturated heterocycles. The van der Waals surface area contributed by atoms with Crippen molar-refractivity contribution in [2.75, 3.05) is 28.1 Å². The molecule has 7 heteroatoms. The first-order valence-corrected chi connectivity index (χ1v) is 10.4. The van der Waals surface area contributed by atoms with Crippen LogP contribution in [0.4, 0.5) is 0 Å². The van der Waals surface area contributed by atoms with Crippen LogP contribution in [0.2, 0.25) is 0 Å². The van der Waals surface area contributed by atoms with Crippen molar-refractivity contribution in [3.63, 3.8) is 0 Å². The summed E-state index contributed by atoms with van der Waals surface area (Å²) >= 11 is 0. The van der Waals surface area contributed by atoms with Crippen molar-refractivity contribution < 1.29 is 34.0 Å². The fourth-order valence-corrected chi connectivity index (χ4v) is 3.14. The van der Waals surface area contributed by atoms with Crippen LogP contribution in [0.3, 0.4) is 0 Å². The molecular weight excluding hydrogens is 412 g/mol. The predicted octanol–water partition coefficient (Wildman–Crippen LogP) is 4.29. The van der Waals surface area contributed by atoms with Crippen LogP contribution in [-0.2, 0) is 9.53 Å². The van der Waals surface area contributed by atoms with Gasteiger partial charge in [0.05, 0.1) is 19.8 Å². The zero-order chi connectivity index (χ0) is 24.3. The summed E-state index contributed by atoms with van der Waals surface area (Å²) in [5.74, 6) is 0.973. The minimum Gasteiger partial charge on any atom is -0.493 e. The van der Waals surface area contributed by atoms with Crippen LogP contribution in [-0.4, -0.2) is 50.2 Å². The molecule has 0 bridgehead atoms. The Hall–Kier alpha value is -2.61. The molecule has 7 nitrogen and oxygen atoms in total. The number of methoxy groups -OCH3 is 3. The summed E-state index contributed by atoms with van der Waals surface area (Å²) in [6, 6.07) is 3.39. The normalized spacial score (nSPS) is 13.9. The van der Waals surface area contributed by atoms with Gasteiger partial charge in [-0.1, -0.05) is 23.3 Å². The Morgan fingerprint density at radius 3 is 2.22 bits per heavy atom. The standard InChI is InChI=1S/C25H36O7/c1-16(2)13-20(27)24(28)18(4)10-8-9-17(3)14-19(26)23-21(32-15-29-5)11-12-22(30-6)25(23)31-7/h10-14,19-20,26-27H,8-9,15H2,1-7H3/b17-14+,18-10-. The number of aliphatic hydroxyl groups excluding tert-OH is 2. The number of ether oxygens (including phenoxy) is 4. The Bertz CT molecular complexity index is 848. The quantitative estimate of drug-likeness (QED) is 0.264. The first-order valence-electron chi connectivity index (χ1n) is 10.4. The summed E-state index contributed by atoms with van der Waals surface area (Å²) in [4.78, 5) is 12.2. The zero-order valence-electron chi connectivity index (χ0n) is 20.1. The summed E-state index contributed by atoms with van der Waals surface area (Å²) in [6.45, 7) is 7.28. The van der Waals surface area contributed by atoms with Gasteiger partial charge in [0.25, 0.3) is 0 Å². The molecule has 0 saturated carbocycles. The van der Waals surface area contributed by atoms with Crippen LogP contribution in [0, 0.1) is 0 Å². The number of hydrogen-bond acceptors (Lipinski definition) is 7. The number of allylic oxidation sites excluding steroid dienone is 3. The number of hydrogen-bond donors (Lipinski definition) is 2. The smallest absolute Gasteiger partial charge is 0.190 e. The number of ketones is 1. The molecule has 32 heavy (non-hydrogen) atoms. The van der Waals surface area contributed by atoms with Gasteiger partial charge < -0.3 is 29.2 Å². The Balaban J connectivity index is 3.00. The highest BCUT2D eigenvalue weighted by Gasteiger charge is 2.22. The number of benzene rings is 1. The number of Topliss-reactive ketones (excluding diaryl/α,β-unsaturated/α-hetero) is 1. The maximum absolute atomic E-state index is 12.2. The van der Waals surface area contributed by atoms with Gasteiger partial charge in [-0.3, -0.25) is 4.79 Å². The molecule has 0 heterocycles. The molecule has 178 valence electrons. The van der Waals surface area contributed by atoms with E-state index < -0.39 is 12.2 Å². The van der Waals surface area contributed by atoms with Gasteiger partial charge in [0.1, 0.15) is 18.0 Å². The molecule has 0 amide bonds. The second kappa shape index (κ2) is 13.7. The van der Waals surface area contributed by atoms with Gasteiger partial charge in [0, 0.05) is 7.11 Å². The first-order chi connectivity index (χ1) is 15.2. The molecule has 1 aromatic carbocycles.